The quantitative estimate of drug-likeness (QED) is 0.680. The SMILES string of the molecule is C=CCc1cc(-c2ccccc2C)co1. The summed E-state index contributed by atoms with van der Waals surface area (Å²) in [4.78, 5) is 0. The highest BCUT2D eigenvalue weighted by molar-refractivity contribution is 5.66. The molecule has 0 radical (unpaired) electrons. The van der Waals surface area contributed by atoms with E-state index in [-0.39, 0.29) is 0 Å². The minimum Gasteiger partial charge on any atom is -0.468 e. The van der Waals surface area contributed by atoms with E-state index in [1.807, 2.05) is 18.2 Å². The van der Waals surface area contributed by atoms with E-state index in [4.69, 9.17) is 4.42 Å². The van der Waals surface area contributed by atoms with Crippen LogP contribution in [-0.2, 0) is 6.42 Å². The molecular weight excluding hydrogens is 184 g/mol. The third-order valence-electron chi connectivity index (χ3n) is 2.46. The molecule has 1 aromatic carbocycles. The number of benzene rings is 1. The third kappa shape index (κ3) is 2.01. The Bertz CT molecular complexity index is 466. The summed E-state index contributed by atoms with van der Waals surface area (Å²) in [5.74, 6) is 0.961. The summed E-state index contributed by atoms with van der Waals surface area (Å²) in [6, 6.07) is 10.4. The lowest BCUT2D eigenvalue weighted by molar-refractivity contribution is 0.523. The molecule has 1 aromatic heterocycles. The van der Waals surface area contributed by atoms with E-state index < -0.39 is 0 Å². The van der Waals surface area contributed by atoms with Gasteiger partial charge in [-0.15, -0.1) is 6.58 Å². The van der Waals surface area contributed by atoms with Gasteiger partial charge in [-0.1, -0.05) is 30.3 Å². The van der Waals surface area contributed by atoms with Crippen molar-refractivity contribution in [2.45, 2.75) is 13.3 Å². The molecule has 0 saturated heterocycles. The van der Waals surface area contributed by atoms with E-state index in [1.54, 1.807) is 6.26 Å². The van der Waals surface area contributed by atoms with Crippen LogP contribution in [0.5, 0.6) is 0 Å². The maximum Gasteiger partial charge on any atom is 0.108 e. The van der Waals surface area contributed by atoms with Crippen LogP contribution in [0, 0.1) is 6.92 Å². The maximum atomic E-state index is 5.44. The van der Waals surface area contributed by atoms with Gasteiger partial charge in [0, 0.05) is 12.0 Å². The van der Waals surface area contributed by atoms with Crippen LogP contribution in [-0.4, -0.2) is 0 Å². The maximum absolute atomic E-state index is 5.44. The van der Waals surface area contributed by atoms with Crippen molar-refractivity contribution >= 4 is 0 Å². The van der Waals surface area contributed by atoms with Gasteiger partial charge >= 0.3 is 0 Å². The first-order valence-electron chi connectivity index (χ1n) is 5.05. The normalized spacial score (nSPS) is 10.2. The molecule has 0 unspecified atom stereocenters. The van der Waals surface area contributed by atoms with Crippen LogP contribution in [0.1, 0.15) is 11.3 Å². The summed E-state index contributed by atoms with van der Waals surface area (Å²) >= 11 is 0. The monoisotopic (exact) mass is 198 g/mol. The van der Waals surface area contributed by atoms with Gasteiger partial charge in [0.2, 0.25) is 0 Å². The number of hydrogen-bond donors (Lipinski definition) is 0. The van der Waals surface area contributed by atoms with Crippen LogP contribution < -0.4 is 0 Å². The molecule has 1 heterocycles. The average Bonchev–Trinajstić information content (AvgIpc) is 2.68. The third-order valence-corrected chi connectivity index (χ3v) is 2.46. The van der Waals surface area contributed by atoms with E-state index in [1.165, 1.54) is 11.1 Å². The molecule has 0 atom stereocenters. The highest BCUT2D eigenvalue weighted by Crippen LogP contribution is 2.25. The van der Waals surface area contributed by atoms with Crippen molar-refractivity contribution in [1.29, 1.82) is 0 Å². The molecule has 2 aromatic rings. The molecule has 0 aliphatic carbocycles. The van der Waals surface area contributed by atoms with E-state index >= 15 is 0 Å². The van der Waals surface area contributed by atoms with Gasteiger partial charge in [0.25, 0.3) is 0 Å². The summed E-state index contributed by atoms with van der Waals surface area (Å²) in [5, 5.41) is 0. The second kappa shape index (κ2) is 4.18. The smallest absolute Gasteiger partial charge is 0.108 e. The zero-order valence-corrected chi connectivity index (χ0v) is 8.86. The van der Waals surface area contributed by atoms with Crippen molar-refractivity contribution < 1.29 is 4.42 Å². The number of aryl methyl sites for hydroxylation is 1. The van der Waals surface area contributed by atoms with E-state index in [0.717, 1.165) is 17.7 Å². The summed E-state index contributed by atoms with van der Waals surface area (Å²) in [6.45, 7) is 5.80. The molecule has 1 heteroatoms. The van der Waals surface area contributed by atoms with E-state index in [2.05, 4.69) is 31.7 Å². The van der Waals surface area contributed by atoms with Gasteiger partial charge in [0.1, 0.15) is 5.76 Å². The van der Waals surface area contributed by atoms with Gasteiger partial charge in [-0.2, -0.15) is 0 Å². The Morgan fingerprint density at radius 1 is 1.33 bits per heavy atom. The Labute approximate surface area is 90.1 Å². The predicted molar refractivity (Wildman–Crippen MR) is 62.8 cm³/mol. The lowest BCUT2D eigenvalue weighted by Crippen LogP contribution is -1.79. The standard InChI is InChI=1S/C14H14O/c1-3-6-13-9-12(10-15-13)14-8-5-4-7-11(14)2/h3-5,7-10H,1,6H2,2H3. The molecule has 0 aliphatic heterocycles. The fourth-order valence-electron chi connectivity index (χ4n) is 1.67. The van der Waals surface area contributed by atoms with Crippen molar-refractivity contribution in [2.24, 2.45) is 0 Å². The van der Waals surface area contributed by atoms with Crippen LogP contribution in [0.3, 0.4) is 0 Å². The molecule has 76 valence electrons. The van der Waals surface area contributed by atoms with Crippen molar-refractivity contribution in [1.82, 2.24) is 0 Å². The highest BCUT2D eigenvalue weighted by Gasteiger charge is 2.04. The van der Waals surface area contributed by atoms with Gasteiger partial charge < -0.3 is 4.42 Å². The average molecular weight is 198 g/mol. The number of rotatable bonds is 3. The van der Waals surface area contributed by atoms with Gasteiger partial charge in [-0.3, -0.25) is 0 Å². The molecule has 2 rings (SSSR count). The molecule has 0 aliphatic rings. The van der Waals surface area contributed by atoms with Gasteiger partial charge in [0.15, 0.2) is 0 Å². The predicted octanol–water partition coefficient (Wildman–Crippen LogP) is 3.98. The van der Waals surface area contributed by atoms with E-state index in [0.29, 0.717) is 0 Å². The largest absolute Gasteiger partial charge is 0.468 e. The molecule has 1 nitrogen and oxygen atoms in total. The van der Waals surface area contributed by atoms with Crippen LogP contribution in [0.2, 0.25) is 0 Å². The molecule has 0 bridgehead atoms. The van der Waals surface area contributed by atoms with Gasteiger partial charge in [0.05, 0.1) is 6.26 Å². The van der Waals surface area contributed by atoms with Gasteiger partial charge in [-0.05, 0) is 24.1 Å². The van der Waals surface area contributed by atoms with E-state index in [9.17, 15) is 0 Å². The van der Waals surface area contributed by atoms with Gasteiger partial charge in [-0.25, -0.2) is 0 Å². The second-order valence-corrected chi connectivity index (χ2v) is 3.61. The first-order valence-corrected chi connectivity index (χ1v) is 5.05. The van der Waals surface area contributed by atoms with Crippen molar-refractivity contribution in [3.63, 3.8) is 0 Å². The highest BCUT2D eigenvalue weighted by atomic mass is 16.3. The van der Waals surface area contributed by atoms with Crippen molar-refractivity contribution in [2.75, 3.05) is 0 Å². The van der Waals surface area contributed by atoms with Crippen molar-refractivity contribution in [3.05, 3.63) is 60.6 Å². The molecule has 0 amide bonds. The van der Waals surface area contributed by atoms with Crippen LogP contribution in [0.15, 0.2) is 53.7 Å². The summed E-state index contributed by atoms with van der Waals surface area (Å²) in [7, 11) is 0. The first-order chi connectivity index (χ1) is 7.31. The molecule has 0 fully saturated rings. The fraction of sp³-hybridized carbons (Fsp3) is 0.143. The molecular formula is C14H14O. The first kappa shape index (κ1) is 9.78. The summed E-state index contributed by atoms with van der Waals surface area (Å²) in [5.41, 5.74) is 3.64. The zero-order chi connectivity index (χ0) is 10.7. The number of allylic oxidation sites excluding steroid dienone is 1. The topological polar surface area (TPSA) is 13.1 Å². The summed E-state index contributed by atoms with van der Waals surface area (Å²) in [6.07, 6.45) is 4.44. The fourth-order valence-corrected chi connectivity index (χ4v) is 1.67. The van der Waals surface area contributed by atoms with Crippen LogP contribution >= 0.6 is 0 Å². The number of hydrogen-bond acceptors (Lipinski definition) is 1. The molecule has 15 heavy (non-hydrogen) atoms. The Morgan fingerprint density at radius 3 is 2.87 bits per heavy atom. The van der Waals surface area contributed by atoms with Crippen molar-refractivity contribution in [3.8, 4) is 11.1 Å². The minimum absolute atomic E-state index is 0.784. The number of furan rings is 1. The molecule has 0 spiro atoms. The Morgan fingerprint density at radius 2 is 2.13 bits per heavy atom. The van der Waals surface area contributed by atoms with Crippen LogP contribution in [0.4, 0.5) is 0 Å². The lowest BCUT2D eigenvalue weighted by Gasteiger charge is -2.00. The lowest BCUT2D eigenvalue weighted by atomic mass is 10.0. The Balaban J connectivity index is 2.37. The zero-order valence-electron chi connectivity index (χ0n) is 8.86. The molecule has 0 N–H and O–H groups in total. The Kier molecular flexibility index (Phi) is 2.72. The second-order valence-electron chi connectivity index (χ2n) is 3.61. The molecule has 0 saturated carbocycles. The Hall–Kier alpha value is -1.76. The minimum atomic E-state index is 0.784. The van der Waals surface area contributed by atoms with Crippen LogP contribution in [0.25, 0.3) is 11.1 Å². The summed E-state index contributed by atoms with van der Waals surface area (Å²) < 4.78 is 5.44.